The summed E-state index contributed by atoms with van der Waals surface area (Å²) in [6.45, 7) is 0.316. The van der Waals surface area contributed by atoms with Gasteiger partial charge in [0.25, 0.3) is 0 Å². The molecule has 2 N–H and O–H groups in total. The van der Waals surface area contributed by atoms with Gasteiger partial charge in [0.1, 0.15) is 6.04 Å². The normalized spacial score (nSPS) is 24.3. The van der Waals surface area contributed by atoms with Crippen LogP contribution >= 0.6 is 0 Å². The van der Waals surface area contributed by atoms with Gasteiger partial charge in [-0.2, -0.15) is 0 Å². The summed E-state index contributed by atoms with van der Waals surface area (Å²) in [6, 6.07) is -0.606. The number of hydrogen-bond acceptors (Lipinski definition) is 4. The maximum absolute atomic E-state index is 12.7. The van der Waals surface area contributed by atoms with E-state index in [4.69, 9.17) is 0 Å². The first-order chi connectivity index (χ1) is 13.4. The molecule has 0 radical (unpaired) electrons. The number of hydrogen-bond donors (Lipinski definition) is 2. The molecule has 1 aliphatic carbocycles. The van der Waals surface area contributed by atoms with Gasteiger partial charge in [-0.3, -0.25) is 19.2 Å². The Morgan fingerprint density at radius 2 is 1.86 bits per heavy atom. The van der Waals surface area contributed by atoms with E-state index in [1.54, 1.807) is 7.05 Å². The third-order valence-corrected chi connectivity index (χ3v) is 5.19. The highest BCUT2D eigenvalue weighted by molar-refractivity contribution is 5.91. The van der Waals surface area contributed by atoms with Gasteiger partial charge in [0.2, 0.25) is 23.6 Å². The molecule has 1 unspecified atom stereocenters. The van der Waals surface area contributed by atoms with Gasteiger partial charge in [0, 0.05) is 27.1 Å². The topological polar surface area (TPSA) is 98.8 Å². The van der Waals surface area contributed by atoms with Crippen molar-refractivity contribution in [3.05, 3.63) is 12.2 Å². The zero-order chi connectivity index (χ0) is 20.5. The van der Waals surface area contributed by atoms with E-state index >= 15 is 0 Å². The van der Waals surface area contributed by atoms with Crippen LogP contribution < -0.4 is 10.6 Å². The molecule has 0 aromatic rings. The Morgan fingerprint density at radius 1 is 1.14 bits per heavy atom. The lowest BCUT2D eigenvalue weighted by atomic mass is 10.1. The summed E-state index contributed by atoms with van der Waals surface area (Å²) in [5.41, 5.74) is 0. The number of nitrogens with zero attached hydrogens (tertiary/aromatic N) is 2. The maximum Gasteiger partial charge on any atom is 0.243 e. The number of nitrogens with one attached hydrogen (secondary N) is 2. The zero-order valence-corrected chi connectivity index (χ0v) is 16.9. The van der Waals surface area contributed by atoms with E-state index in [2.05, 4.69) is 10.6 Å². The fourth-order valence-electron chi connectivity index (χ4n) is 3.10. The molecule has 8 heteroatoms. The highest BCUT2D eigenvalue weighted by Crippen LogP contribution is 2.33. The molecule has 1 atom stereocenters. The molecule has 4 amide bonds. The molecule has 0 aromatic carbocycles. The Hall–Kier alpha value is -2.38. The van der Waals surface area contributed by atoms with Crippen LogP contribution in [-0.2, 0) is 19.2 Å². The predicted molar refractivity (Wildman–Crippen MR) is 105 cm³/mol. The molecule has 0 aromatic heterocycles. The summed E-state index contributed by atoms with van der Waals surface area (Å²) in [7, 11) is 3.19. The summed E-state index contributed by atoms with van der Waals surface area (Å²) < 4.78 is 0. The summed E-state index contributed by atoms with van der Waals surface area (Å²) in [5, 5.41) is 5.42. The third kappa shape index (κ3) is 7.32. The van der Waals surface area contributed by atoms with Gasteiger partial charge in [0.05, 0.1) is 13.1 Å². The number of rotatable bonds is 3. The lowest BCUT2D eigenvalue weighted by molar-refractivity contribution is -0.140. The van der Waals surface area contributed by atoms with E-state index in [0.717, 1.165) is 25.7 Å². The molecule has 2 aliphatic rings. The van der Waals surface area contributed by atoms with Crippen molar-refractivity contribution in [3.8, 4) is 0 Å². The van der Waals surface area contributed by atoms with E-state index in [1.165, 1.54) is 16.8 Å². The number of allylic oxidation sites excluding steroid dienone is 2. The van der Waals surface area contributed by atoms with E-state index in [-0.39, 0.29) is 36.7 Å². The molecule has 1 heterocycles. The van der Waals surface area contributed by atoms with Crippen LogP contribution in [0.5, 0.6) is 0 Å². The van der Waals surface area contributed by atoms with Gasteiger partial charge in [-0.1, -0.05) is 12.2 Å². The lowest BCUT2D eigenvalue weighted by Crippen LogP contribution is -2.50. The Bertz CT molecular complexity index is 615. The van der Waals surface area contributed by atoms with Gasteiger partial charge in [0.15, 0.2) is 0 Å². The first-order valence-corrected chi connectivity index (χ1v) is 10.1. The van der Waals surface area contributed by atoms with Crippen LogP contribution in [0.4, 0.5) is 0 Å². The molecule has 156 valence electrons. The molecule has 0 saturated heterocycles. The SMILES string of the molecule is CN1CC(=O)NCCC/C=C/CCC(N(C)C(=O)CC2CC2)C(=O)NCC1=O. The van der Waals surface area contributed by atoms with Crippen molar-refractivity contribution in [1.82, 2.24) is 20.4 Å². The first kappa shape index (κ1) is 21.9. The minimum absolute atomic E-state index is 0.0267. The van der Waals surface area contributed by atoms with E-state index in [0.29, 0.717) is 31.7 Å². The monoisotopic (exact) mass is 392 g/mol. The van der Waals surface area contributed by atoms with Crippen molar-refractivity contribution in [2.45, 2.75) is 51.0 Å². The molecule has 1 aliphatic heterocycles. The average molecular weight is 393 g/mol. The van der Waals surface area contributed by atoms with E-state index in [9.17, 15) is 19.2 Å². The van der Waals surface area contributed by atoms with Crippen LogP contribution in [0, 0.1) is 5.92 Å². The average Bonchev–Trinajstić information content (AvgIpc) is 3.47. The van der Waals surface area contributed by atoms with Crippen LogP contribution in [0.2, 0.25) is 0 Å². The lowest BCUT2D eigenvalue weighted by Gasteiger charge is -2.27. The number of carbonyl (C=O) groups excluding carboxylic acids is 4. The van der Waals surface area contributed by atoms with Gasteiger partial charge < -0.3 is 20.4 Å². The van der Waals surface area contributed by atoms with Gasteiger partial charge in [-0.05, 0) is 44.4 Å². The smallest absolute Gasteiger partial charge is 0.243 e. The van der Waals surface area contributed by atoms with Crippen LogP contribution in [0.1, 0.15) is 44.9 Å². The number of likely N-dealkylation sites (N-methyl/N-ethyl adjacent to an activating group) is 2. The van der Waals surface area contributed by atoms with Gasteiger partial charge in [-0.15, -0.1) is 0 Å². The number of carbonyl (C=O) groups is 4. The van der Waals surface area contributed by atoms with Crippen molar-refractivity contribution in [3.63, 3.8) is 0 Å². The van der Waals surface area contributed by atoms with Crippen LogP contribution in [0.3, 0.4) is 0 Å². The minimum Gasteiger partial charge on any atom is -0.355 e. The second-order valence-corrected chi connectivity index (χ2v) is 7.68. The quantitative estimate of drug-likeness (QED) is 0.681. The van der Waals surface area contributed by atoms with E-state index in [1.807, 2.05) is 12.2 Å². The Morgan fingerprint density at radius 3 is 2.57 bits per heavy atom. The standard InChI is InChI=1S/C20H32N4O4/c1-23-14-17(25)21-11-7-5-3-4-6-8-16(20(28)22-13-19(23)27)24(2)18(26)12-15-9-10-15/h3-4,15-16H,5-14H2,1-2H3,(H,21,25)(H,22,28)/b4-3+. The molecule has 8 nitrogen and oxygen atoms in total. The van der Waals surface area contributed by atoms with Crippen molar-refractivity contribution >= 4 is 23.6 Å². The van der Waals surface area contributed by atoms with Crippen molar-refractivity contribution in [1.29, 1.82) is 0 Å². The summed E-state index contributed by atoms with van der Waals surface area (Å²) in [6.07, 6.45) is 9.48. The van der Waals surface area contributed by atoms with E-state index < -0.39 is 6.04 Å². The summed E-state index contributed by atoms with van der Waals surface area (Å²) in [5.74, 6) is -0.479. The number of amides is 4. The molecule has 0 spiro atoms. The zero-order valence-electron chi connectivity index (χ0n) is 16.9. The Balaban J connectivity index is 2.03. The fourth-order valence-corrected chi connectivity index (χ4v) is 3.10. The largest absolute Gasteiger partial charge is 0.355 e. The molecular weight excluding hydrogens is 360 g/mol. The summed E-state index contributed by atoms with van der Waals surface area (Å²) in [4.78, 5) is 52.0. The molecule has 28 heavy (non-hydrogen) atoms. The summed E-state index contributed by atoms with van der Waals surface area (Å²) >= 11 is 0. The second kappa shape index (κ2) is 10.8. The second-order valence-electron chi connectivity index (χ2n) is 7.68. The first-order valence-electron chi connectivity index (χ1n) is 10.1. The van der Waals surface area contributed by atoms with Gasteiger partial charge in [-0.25, -0.2) is 0 Å². The molecule has 2 rings (SSSR count). The van der Waals surface area contributed by atoms with Crippen LogP contribution in [0.15, 0.2) is 12.2 Å². The van der Waals surface area contributed by atoms with Crippen molar-refractivity contribution in [2.75, 3.05) is 33.7 Å². The predicted octanol–water partition coefficient (Wildman–Crippen LogP) is 0.435. The van der Waals surface area contributed by atoms with Crippen LogP contribution in [0.25, 0.3) is 0 Å². The van der Waals surface area contributed by atoms with Crippen LogP contribution in [-0.4, -0.2) is 73.2 Å². The molecule has 0 bridgehead atoms. The third-order valence-electron chi connectivity index (χ3n) is 5.19. The Labute approximate surface area is 166 Å². The molecule has 1 saturated carbocycles. The molecular formula is C20H32N4O4. The Kier molecular flexibility index (Phi) is 8.47. The van der Waals surface area contributed by atoms with Crippen molar-refractivity contribution in [2.24, 2.45) is 5.92 Å². The van der Waals surface area contributed by atoms with Gasteiger partial charge >= 0.3 is 0 Å². The highest BCUT2D eigenvalue weighted by Gasteiger charge is 2.31. The van der Waals surface area contributed by atoms with Crippen molar-refractivity contribution < 1.29 is 19.2 Å². The molecule has 1 fully saturated rings. The minimum atomic E-state index is -0.606. The highest BCUT2D eigenvalue weighted by atomic mass is 16.2. The fraction of sp³-hybridized carbons (Fsp3) is 0.700. The maximum atomic E-state index is 12.7.